The fourth-order valence-electron chi connectivity index (χ4n) is 6.58. The summed E-state index contributed by atoms with van der Waals surface area (Å²) in [4.78, 5) is 71.7. The number of aromatic nitrogens is 1. The van der Waals surface area contributed by atoms with Crippen LogP contribution in [0.4, 0.5) is 17.1 Å². The minimum atomic E-state index is -0.698. The first-order valence-corrected chi connectivity index (χ1v) is 17.3. The summed E-state index contributed by atoms with van der Waals surface area (Å²) in [6.45, 7) is 3.77. The standard InChI is InChI=1S/C34H27N5O6S3/c1-17-11-18(2)13-21(12-17)38-32(43)24(29(40)36-33(38)46)14-19-7-10-27(26(15-19)39(44)45)47-34-35-25-9-8-20(16-28(25)48-34)37-30(41)22-5-3-4-6-23(22)31(37)42/h7-16,22-23H,3-6H2,1-2H3,(H,36,40,46)/b24-14+/t22-,23+. The van der Waals surface area contributed by atoms with Gasteiger partial charge >= 0.3 is 0 Å². The van der Waals surface area contributed by atoms with E-state index in [1.807, 2.05) is 19.9 Å². The van der Waals surface area contributed by atoms with Crippen molar-refractivity contribution < 1.29 is 24.1 Å². The number of nitro benzene ring substituents is 1. The summed E-state index contributed by atoms with van der Waals surface area (Å²) in [6.07, 6.45) is 4.66. The average molecular weight is 698 g/mol. The Balaban J connectivity index is 1.15. The zero-order chi connectivity index (χ0) is 33.9. The Bertz CT molecular complexity index is 2100. The number of anilines is 2. The summed E-state index contributed by atoms with van der Waals surface area (Å²) in [5, 5.41) is 14.7. The van der Waals surface area contributed by atoms with Crippen LogP contribution in [0.1, 0.15) is 42.4 Å². The molecule has 2 aliphatic heterocycles. The largest absolute Gasteiger partial charge is 0.298 e. The Labute approximate surface area is 288 Å². The van der Waals surface area contributed by atoms with Crippen molar-refractivity contribution in [2.45, 2.75) is 48.8 Å². The lowest BCUT2D eigenvalue weighted by molar-refractivity contribution is -0.387. The maximum atomic E-state index is 13.5. The lowest BCUT2D eigenvalue weighted by Crippen LogP contribution is -2.54. The van der Waals surface area contributed by atoms with Crippen LogP contribution in [0.5, 0.6) is 0 Å². The van der Waals surface area contributed by atoms with Gasteiger partial charge in [0.05, 0.1) is 43.2 Å². The van der Waals surface area contributed by atoms with E-state index in [4.69, 9.17) is 12.2 Å². The van der Waals surface area contributed by atoms with Gasteiger partial charge in [0.15, 0.2) is 9.45 Å². The molecule has 0 unspecified atom stereocenters. The summed E-state index contributed by atoms with van der Waals surface area (Å²) in [5.41, 5.74) is 3.32. The number of nitrogens with zero attached hydrogens (tertiary/aromatic N) is 4. The van der Waals surface area contributed by atoms with Gasteiger partial charge in [0.2, 0.25) is 11.8 Å². The Hall–Kier alpha value is -4.79. The Morgan fingerprint density at radius 1 is 0.938 bits per heavy atom. The number of carbonyl (C=O) groups excluding carboxylic acids is 4. The highest BCUT2D eigenvalue weighted by Crippen LogP contribution is 2.43. The van der Waals surface area contributed by atoms with Crippen molar-refractivity contribution in [3.63, 3.8) is 0 Å². The molecule has 2 saturated heterocycles. The van der Waals surface area contributed by atoms with Crippen molar-refractivity contribution in [3.05, 3.63) is 87.0 Å². The number of fused-ring (bicyclic) bond motifs is 2. The van der Waals surface area contributed by atoms with Crippen molar-refractivity contribution in [1.29, 1.82) is 0 Å². The maximum absolute atomic E-state index is 13.5. The lowest BCUT2D eigenvalue weighted by atomic mass is 9.81. The minimum Gasteiger partial charge on any atom is -0.298 e. The van der Waals surface area contributed by atoms with Gasteiger partial charge < -0.3 is 0 Å². The molecule has 3 heterocycles. The van der Waals surface area contributed by atoms with Crippen LogP contribution in [0.25, 0.3) is 16.3 Å². The van der Waals surface area contributed by atoms with Gasteiger partial charge in [0.1, 0.15) is 5.57 Å². The number of thiocarbonyl (C=S) groups is 1. The molecule has 242 valence electrons. The first-order chi connectivity index (χ1) is 23.0. The highest BCUT2D eigenvalue weighted by Gasteiger charge is 2.48. The van der Waals surface area contributed by atoms with Crippen molar-refractivity contribution in [2.24, 2.45) is 11.8 Å². The lowest BCUT2D eigenvalue weighted by Gasteiger charge is -2.29. The third-order valence-corrected chi connectivity index (χ3v) is 11.1. The third kappa shape index (κ3) is 5.69. The number of benzene rings is 3. The number of hydrogen-bond donors (Lipinski definition) is 1. The molecule has 0 spiro atoms. The van der Waals surface area contributed by atoms with Crippen LogP contribution in [0, 0.1) is 35.8 Å². The van der Waals surface area contributed by atoms with Crippen LogP contribution >= 0.6 is 35.3 Å². The van der Waals surface area contributed by atoms with Crippen LogP contribution in [0.2, 0.25) is 0 Å². The van der Waals surface area contributed by atoms with Crippen LogP contribution in [-0.2, 0) is 19.2 Å². The molecule has 7 rings (SSSR count). The second-order valence-electron chi connectivity index (χ2n) is 12.0. The molecule has 1 saturated carbocycles. The van der Waals surface area contributed by atoms with Crippen LogP contribution in [0.15, 0.2) is 69.4 Å². The van der Waals surface area contributed by atoms with E-state index in [0.717, 1.165) is 53.3 Å². The predicted octanol–water partition coefficient (Wildman–Crippen LogP) is 6.48. The maximum Gasteiger partial charge on any atom is 0.283 e. The Morgan fingerprint density at radius 3 is 2.29 bits per heavy atom. The zero-order valence-electron chi connectivity index (χ0n) is 25.7. The average Bonchev–Trinajstić information content (AvgIpc) is 3.55. The van der Waals surface area contributed by atoms with Gasteiger partial charge in [0.25, 0.3) is 17.5 Å². The monoisotopic (exact) mass is 697 g/mol. The van der Waals surface area contributed by atoms with Crippen molar-refractivity contribution in [3.8, 4) is 0 Å². The molecule has 48 heavy (non-hydrogen) atoms. The molecule has 3 aromatic carbocycles. The summed E-state index contributed by atoms with van der Waals surface area (Å²) in [7, 11) is 0. The number of nitro groups is 1. The normalized spacial score (nSPS) is 20.5. The minimum absolute atomic E-state index is 0.0514. The van der Waals surface area contributed by atoms with E-state index >= 15 is 0 Å². The second-order valence-corrected chi connectivity index (χ2v) is 14.7. The molecule has 2 atom stereocenters. The molecule has 1 aliphatic carbocycles. The molecular weight excluding hydrogens is 671 g/mol. The SMILES string of the molecule is Cc1cc(C)cc(N2C(=O)/C(=C/c3ccc(Sc4nc5ccc(N6C(=O)[C@H]7CCCC[C@H]7C6=O)cc5s4)c([N+](=O)[O-])c3)C(=O)NC2=S)c1. The fourth-order valence-corrected chi connectivity index (χ4v) is 9.00. The van der Waals surface area contributed by atoms with E-state index in [0.29, 0.717) is 26.1 Å². The number of nitrogens with one attached hydrogen (secondary N) is 1. The quantitative estimate of drug-likeness (QED) is 0.0598. The number of thiazole rings is 1. The van der Waals surface area contributed by atoms with Crippen LogP contribution < -0.4 is 15.1 Å². The molecular formula is C34H27N5O6S3. The van der Waals surface area contributed by atoms with Gasteiger partial charge in [-0.15, -0.1) is 11.3 Å². The van der Waals surface area contributed by atoms with Gasteiger partial charge in [-0.3, -0.25) is 44.4 Å². The molecule has 11 nitrogen and oxygen atoms in total. The van der Waals surface area contributed by atoms with Crippen molar-refractivity contribution in [1.82, 2.24) is 10.3 Å². The van der Waals surface area contributed by atoms with Crippen molar-refractivity contribution in [2.75, 3.05) is 9.80 Å². The number of amides is 4. The predicted molar refractivity (Wildman–Crippen MR) is 187 cm³/mol. The molecule has 0 bridgehead atoms. The molecule has 4 amide bonds. The van der Waals surface area contributed by atoms with Crippen LogP contribution in [-0.4, -0.2) is 38.6 Å². The van der Waals surface area contributed by atoms with E-state index in [9.17, 15) is 29.3 Å². The number of carbonyl (C=O) groups is 4. The summed E-state index contributed by atoms with van der Waals surface area (Å²) in [5.74, 6) is -2.15. The molecule has 4 aromatic rings. The number of hydrogen-bond acceptors (Lipinski definition) is 10. The van der Waals surface area contributed by atoms with Crippen LogP contribution in [0.3, 0.4) is 0 Å². The summed E-state index contributed by atoms with van der Waals surface area (Å²) < 4.78 is 1.27. The molecule has 0 radical (unpaired) electrons. The first kappa shape index (κ1) is 31.8. The van der Waals surface area contributed by atoms with Crippen molar-refractivity contribution >= 4 is 97.4 Å². The van der Waals surface area contributed by atoms with Gasteiger partial charge in [-0.05, 0) is 98.1 Å². The van der Waals surface area contributed by atoms with E-state index in [1.54, 1.807) is 42.5 Å². The molecule has 14 heteroatoms. The van der Waals surface area contributed by atoms with Gasteiger partial charge in [-0.25, -0.2) is 4.98 Å². The zero-order valence-corrected chi connectivity index (χ0v) is 28.2. The summed E-state index contributed by atoms with van der Waals surface area (Å²) in [6, 6.07) is 15.2. The van der Waals surface area contributed by atoms with Gasteiger partial charge in [0, 0.05) is 6.07 Å². The Morgan fingerprint density at radius 2 is 1.62 bits per heavy atom. The molecule has 3 fully saturated rings. The number of imide groups is 1. The second kappa shape index (κ2) is 12.3. The highest BCUT2D eigenvalue weighted by atomic mass is 32.2. The van der Waals surface area contributed by atoms with Gasteiger partial charge in [-0.1, -0.05) is 36.7 Å². The highest BCUT2D eigenvalue weighted by molar-refractivity contribution is 8.01. The van der Waals surface area contributed by atoms with E-state index < -0.39 is 16.7 Å². The smallest absolute Gasteiger partial charge is 0.283 e. The Kier molecular flexibility index (Phi) is 8.17. The molecule has 1 aromatic heterocycles. The summed E-state index contributed by atoms with van der Waals surface area (Å²) >= 11 is 7.71. The van der Waals surface area contributed by atoms with E-state index in [2.05, 4.69) is 10.3 Å². The van der Waals surface area contributed by atoms with E-state index in [1.165, 1.54) is 33.3 Å². The number of rotatable bonds is 6. The molecule has 3 aliphatic rings. The van der Waals surface area contributed by atoms with Gasteiger partial charge in [-0.2, -0.15) is 0 Å². The number of aryl methyl sites for hydroxylation is 2. The fraction of sp³-hybridized carbons (Fsp3) is 0.235. The third-order valence-electron chi connectivity index (χ3n) is 8.71. The topological polar surface area (TPSA) is 143 Å². The molecule has 1 N–H and O–H groups in total. The first-order valence-electron chi connectivity index (χ1n) is 15.2. The van der Waals surface area contributed by atoms with E-state index in [-0.39, 0.29) is 45.6 Å².